The molecule has 3 N–H and O–H groups in total. The van der Waals surface area contributed by atoms with E-state index < -0.39 is 0 Å². The summed E-state index contributed by atoms with van der Waals surface area (Å²) in [7, 11) is 0. The molecule has 0 saturated heterocycles. The molecule has 0 unspecified atom stereocenters. The van der Waals surface area contributed by atoms with Crippen LogP contribution in [0.3, 0.4) is 0 Å². The number of amides is 2. The van der Waals surface area contributed by atoms with E-state index in [2.05, 4.69) is 20.6 Å². The molecule has 7 heteroatoms. The first-order chi connectivity index (χ1) is 18.0. The second kappa shape index (κ2) is 8.54. The van der Waals surface area contributed by atoms with Crippen molar-refractivity contribution < 1.29 is 9.59 Å². The minimum atomic E-state index is -0.218. The summed E-state index contributed by atoms with van der Waals surface area (Å²) in [6.45, 7) is 0. The zero-order valence-electron chi connectivity index (χ0n) is 20.5. The number of nitrogens with one attached hydrogen (secondary N) is 3. The molecule has 7 nitrogen and oxygen atoms in total. The lowest BCUT2D eigenvalue weighted by atomic mass is 9.53. The average molecular weight is 492 g/mol. The second-order valence-electron chi connectivity index (χ2n) is 11.2. The summed E-state index contributed by atoms with van der Waals surface area (Å²) in [5, 5.41) is 6.25. The summed E-state index contributed by atoms with van der Waals surface area (Å²) in [6, 6.07) is 18.3. The van der Waals surface area contributed by atoms with E-state index in [4.69, 9.17) is 4.98 Å². The topological polar surface area (TPSA) is 99.8 Å². The Balaban J connectivity index is 1.07. The molecule has 8 rings (SSSR count). The summed E-state index contributed by atoms with van der Waals surface area (Å²) in [5.41, 5.74) is 3.69. The number of rotatable bonds is 5. The van der Waals surface area contributed by atoms with E-state index in [-0.39, 0.29) is 17.4 Å². The molecule has 4 aliphatic rings. The number of aromatic nitrogens is 3. The highest BCUT2D eigenvalue weighted by molar-refractivity contribution is 6.04. The lowest BCUT2D eigenvalue weighted by molar-refractivity contribution is -0.0167. The Kier molecular flexibility index (Phi) is 5.13. The van der Waals surface area contributed by atoms with Crippen LogP contribution in [0.1, 0.15) is 59.2 Å². The van der Waals surface area contributed by atoms with Gasteiger partial charge in [0.1, 0.15) is 11.6 Å². The third-order valence-electron chi connectivity index (χ3n) is 8.49. The second-order valence-corrected chi connectivity index (χ2v) is 11.2. The number of imidazole rings is 1. The molecule has 2 aromatic heterocycles. The van der Waals surface area contributed by atoms with Gasteiger partial charge in [0.2, 0.25) is 0 Å². The van der Waals surface area contributed by atoms with Crippen LogP contribution in [0, 0.1) is 17.8 Å². The highest BCUT2D eigenvalue weighted by atomic mass is 16.2. The van der Waals surface area contributed by atoms with Crippen molar-refractivity contribution in [3.8, 4) is 11.4 Å². The molecule has 4 fully saturated rings. The van der Waals surface area contributed by atoms with E-state index in [1.54, 1.807) is 30.5 Å². The van der Waals surface area contributed by atoms with E-state index in [0.29, 0.717) is 22.8 Å². The number of anilines is 1. The number of hydrogen-bond donors (Lipinski definition) is 3. The maximum atomic E-state index is 13.3. The zero-order chi connectivity index (χ0) is 25.0. The summed E-state index contributed by atoms with van der Waals surface area (Å²) in [5.74, 6) is 3.38. The molecule has 186 valence electrons. The van der Waals surface area contributed by atoms with Gasteiger partial charge >= 0.3 is 0 Å². The van der Waals surface area contributed by atoms with Gasteiger partial charge in [-0.15, -0.1) is 0 Å². The van der Waals surface area contributed by atoms with Crippen LogP contribution in [0.25, 0.3) is 22.4 Å². The molecular weight excluding hydrogens is 462 g/mol. The first kappa shape index (κ1) is 22.2. The number of pyridine rings is 1. The maximum absolute atomic E-state index is 13.3. The summed E-state index contributed by atoms with van der Waals surface area (Å²) >= 11 is 0. The lowest BCUT2D eigenvalue weighted by Gasteiger charge is -2.56. The predicted molar refractivity (Wildman–Crippen MR) is 142 cm³/mol. The molecule has 4 saturated carbocycles. The Hall–Kier alpha value is -4.00. The van der Waals surface area contributed by atoms with E-state index in [1.807, 2.05) is 36.4 Å². The van der Waals surface area contributed by atoms with Gasteiger partial charge in [-0.3, -0.25) is 9.59 Å². The normalized spacial score (nSPS) is 25.8. The van der Waals surface area contributed by atoms with Gasteiger partial charge in [-0.05, 0) is 98.7 Å². The van der Waals surface area contributed by atoms with Gasteiger partial charge in [0.15, 0.2) is 0 Å². The van der Waals surface area contributed by atoms with Gasteiger partial charge in [-0.1, -0.05) is 18.2 Å². The number of hydrogen-bond acceptors (Lipinski definition) is 4. The van der Waals surface area contributed by atoms with E-state index in [9.17, 15) is 9.59 Å². The van der Waals surface area contributed by atoms with Crippen molar-refractivity contribution in [1.82, 2.24) is 20.3 Å². The number of nitrogens with zero attached hydrogens (tertiary/aromatic N) is 2. The first-order valence-electron chi connectivity index (χ1n) is 13.2. The monoisotopic (exact) mass is 491 g/mol. The van der Waals surface area contributed by atoms with Crippen molar-refractivity contribution in [3.63, 3.8) is 0 Å². The molecule has 0 atom stereocenters. The molecule has 4 aromatic rings. The van der Waals surface area contributed by atoms with Crippen molar-refractivity contribution in [1.29, 1.82) is 0 Å². The predicted octanol–water partition coefficient (Wildman–Crippen LogP) is 5.58. The van der Waals surface area contributed by atoms with Crippen LogP contribution in [0.2, 0.25) is 0 Å². The van der Waals surface area contributed by atoms with Crippen LogP contribution in [-0.2, 0) is 0 Å². The highest BCUT2D eigenvalue weighted by Crippen LogP contribution is 2.55. The Labute approximate surface area is 215 Å². The third kappa shape index (κ3) is 4.18. The van der Waals surface area contributed by atoms with Crippen molar-refractivity contribution in [2.75, 3.05) is 5.32 Å². The zero-order valence-corrected chi connectivity index (χ0v) is 20.5. The maximum Gasteiger partial charge on any atom is 0.256 e. The minimum absolute atomic E-state index is 0.00938. The Morgan fingerprint density at radius 1 is 0.838 bits per heavy atom. The molecule has 2 aromatic carbocycles. The summed E-state index contributed by atoms with van der Waals surface area (Å²) in [6.07, 6.45) is 9.11. The molecule has 37 heavy (non-hydrogen) atoms. The van der Waals surface area contributed by atoms with Crippen LogP contribution in [-0.4, -0.2) is 32.3 Å². The molecule has 0 aliphatic heterocycles. The Morgan fingerprint density at radius 2 is 1.54 bits per heavy atom. The quantitative estimate of drug-likeness (QED) is 0.340. The van der Waals surface area contributed by atoms with Crippen LogP contribution in [0.15, 0.2) is 66.9 Å². The van der Waals surface area contributed by atoms with Crippen molar-refractivity contribution in [2.45, 2.75) is 44.1 Å². The smallest absolute Gasteiger partial charge is 0.256 e. The van der Waals surface area contributed by atoms with Crippen molar-refractivity contribution >= 4 is 28.7 Å². The average Bonchev–Trinajstić information content (AvgIpc) is 3.32. The van der Waals surface area contributed by atoms with Crippen molar-refractivity contribution in [3.05, 3.63) is 78.0 Å². The number of carbonyl (C=O) groups is 2. The number of H-pyrrole nitrogens is 1. The van der Waals surface area contributed by atoms with Gasteiger partial charge in [-0.25, -0.2) is 9.97 Å². The van der Waals surface area contributed by atoms with Crippen molar-refractivity contribution in [2.24, 2.45) is 17.8 Å². The number of carbonyl (C=O) groups excluding carboxylic acids is 2. The first-order valence-corrected chi connectivity index (χ1v) is 13.2. The summed E-state index contributed by atoms with van der Waals surface area (Å²) in [4.78, 5) is 38.0. The van der Waals surface area contributed by atoms with Crippen LogP contribution >= 0.6 is 0 Å². The Morgan fingerprint density at radius 3 is 2.22 bits per heavy atom. The number of fused-ring (bicyclic) bond motifs is 1. The molecule has 2 heterocycles. The van der Waals surface area contributed by atoms with Crippen LogP contribution in [0.4, 0.5) is 5.82 Å². The van der Waals surface area contributed by atoms with Crippen LogP contribution < -0.4 is 10.6 Å². The molecule has 0 spiro atoms. The Bertz CT molecular complexity index is 1460. The van der Waals surface area contributed by atoms with Gasteiger partial charge in [0, 0.05) is 28.4 Å². The lowest BCUT2D eigenvalue weighted by Crippen LogP contribution is -2.59. The highest BCUT2D eigenvalue weighted by Gasteiger charge is 2.51. The SMILES string of the molecule is O=C(Nc1ccccn1)c1ccc(-c2nc3ccc(C(=O)NC45CC6CC(CC(C6)C4)C5)cc3[nH]2)cc1. The van der Waals surface area contributed by atoms with Crippen LogP contribution in [0.5, 0.6) is 0 Å². The molecular formula is C30H29N5O2. The molecule has 4 bridgehead atoms. The summed E-state index contributed by atoms with van der Waals surface area (Å²) < 4.78 is 0. The van der Waals surface area contributed by atoms with Gasteiger partial charge in [0.05, 0.1) is 11.0 Å². The minimum Gasteiger partial charge on any atom is -0.347 e. The van der Waals surface area contributed by atoms with Gasteiger partial charge < -0.3 is 15.6 Å². The largest absolute Gasteiger partial charge is 0.347 e. The fraction of sp³-hybridized carbons (Fsp3) is 0.333. The standard InChI is InChI=1S/C30H29N5O2/c36-28(34-26-3-1-2-10-31-26)22-6-4-21(5-7-22)27-32-24-9-8-23(14-25(24)33-27)29(37)35-30-15-18-11-19(16-30)13-20(12-18)17-30/h1-10,14,18-20H,11-13,15-17H2,(H,32,33)(H,35,37)(H,31,34,36). The molecule has 0 radical (unpaired) electrons. The van der Waals surface area contributed by atoms with Gasteiger partial charge in [-0.2, -0.15) is 0 Å². The van der Waals surface area contributed by atoms with E-state index in [1.165, 1.54) is 19.3 Å². The van der Waals surface area contributed by atoms with E-state index >= 15 is 0 Å². The fourth-order valence-corrected chi connectivity index (χ4v) is 7.27. The van der Waals surface area contributed by atoms with E-state index in [0.717, 1.165) is 53.6 Å². The fourth-order valence-electron chi connectivity index (χ4n) is 7.27. The molecule has 2 amide bonds. The van der Waals surface area contributed by atoms with Gasteiger partial charge in [0.25, 0.3) is 11.8 Å². The number of aromatic amines is 1. The third-order valence-corrected chi connectivity index (χ3v) is 8.49. The number of benzene rings is 2. The molecule has 4 aliphatic carbocycles.